The fourth-order valence-corrected chi connectivity index (χ4v) is 3.53. The van der Waals surface area contributed by atoms with E-state index in [-0.39, 0.29) is 39.3 Å². The Morgan fingerprint density at radius 1 is 0.818 bits per heavy atom. The number of phenolic OH excluding ortho intramolecular Hbond substituents is 2. The Bertz CT molecular complexity index is 1150. The number of phenols is 2. The summed E-state index contributed by atoms with van der Waals surface area (Å²) < 4.78 is 17.6. The lowest BCUT2D eigenvalue weighted by atomic mass is 10.1. The van der Waals surface area contributed by atoms with Crippen molar-refractivity contribution in [2.45, 2.75) is 39.5 Å². The van der Waals surface area contributed by atoms with Gasteiger partial charge in [0.2, 0.25) is 11.5 Å². The molecule has 176 valence electrons. The molecule has 3 aromatic carbocycles. The Hall–Kier alpha value is -2.83. The molecule has 6 nitrogen and oxygen atoms in total. The summed E-state index contributed by atoms with van der Waals surface area (Å²) in [5, 5.41) is 22.6. The maximum absolute atomic E-state index is 13.0. The van der Waals surface area contributed by atoms with E-state index in [1.165, 1.54) is 18.2 Å². The summed E-state index contributed by atoms with van der Waals surface area (Å²) in [5.41, 5.74) is -0.0735. The normalized spacial score (nSPS) is 10.9. The topological polar surface area (TPSA) is 85.2 Å². The van der Waals surface area contributed by atoms with Gasteiger partial charge in [-0.05, 0) is 49.2 Å². The highest BCUT2D eigenvalue weighted by atomic mass is 35.5. The van der Waals surface area contributed by atoms with E-state index >= 15 is 0 Å². The van der Waals surface area contributed by atoms with Crippen LogP contribution in [0.25, 0.3) is 10.8 Å². The van der Waals surface area contributed by atoms with Crippen LogP contribution in [0.4, 0.5) is 0 Å². The van der Waals surface area contributed by atoms with E-state index in [1.54, 1.807) is 18.2 Å². The number of hydrogen-bond acceptors (Lipinski definition) is 6. The number of hydrogen-bond donors (Lipinski definition) is 2. The van der Waals surface area contributed by atoms with Crippen LogP contribution in [0.1, 0.15) is 49.9 Å². The number of benzene rings is 3. The molecule has 0 spiro atoms. The lowest BCUT2D eigenvalue weighted by Gasteiger charge is -2.20. The summed E-state index contributed by atoms with van der Waals surface area (Å²) >= 11 is 12.1. The molecule has 0 saturated heterocycles. The van der Waals surface area contributed by atoms with E-state index in [1.807, 2.05) is 13.8 Å². The molecular formula is C25H26Cl2O6. The maximum atomic E-state index is 13.0. The zero-order chi connectivity index (χ0) is 24.0. The van der Waals surface area contributed by atoms with Crippen molar-refractivity contribution in [1.29, 1.82) is 0 Å². The number of unbranched alkanes of at least 4 members (excludes halogenated alkanes) is 2. The first-order valence-corrected chi connectivity index (χ1v) is 11.6. The van der Waals surface area contributed by atoms with Crippen molar-refractivity contribution < 1.29 is 29.2 Å². The first kappa shape index (κ1) is 24.8. The predicted molar refractivity (Wildman–Crippen MR) is 130 cm³/mol. The van der Waals surface area contributed by atoms with E-state index in [0.717, 1.165) is 25.7 Å². The quantitative estimate of drug-likeness (QED) is 0.178. The molecule has 33 heavy (non-hydrogen) atoms. The zero-order valence-electron chi connectivity index (χ0n) is 18.5. The second kappa shape index (κ2) is 11.3. The first-order valence-electron chi connectivity index (χ1n) is 10.8. The molecule has 2 N–H and O–H groups in total. The van der Waals surface area contributed by atoms with Gasteiger partial charge >= 0.3 is 5.97 Å². The van der Waals surface area contributed by atoms with Gasteiger partial charge in [0.05, 0.1) is 13.2 Å². The minimum atomic E-state index is -0.823. The lowest BCUT2D eigenvalue weighted by molar-refractivity contribution is 0.0726. The third-order valence-corrected chi connectivity index (χ3v) is 5.44. The van der Waals surface area contributed by atoms with E-state index in [4.69, 9.17) is 37.4 Å². The molecule has 0 aliphatic heterocycles. The van der Waals surface area contributed by atoms with Crippen LogP contribution in [0.2, 0.25) is 10.0 Å². The molecule has 0 aliphatic rings. The van der Waals surface area contributed by atoms with Crippen molar-refractivity contribution >= 4 is 39.9 Å². The van der Waals surface area contributed by atoms with Gasteiger partial charge in [-0.3, -0.25) is 0 Å². The van der Waals surface area contributed by atoms with Crippen molar-refractivity contribution in [2.24, 2.45) is 0 Å². The first-order chi connectivity index (χ1) is 15.9. The molecule has 0 amide bonds. The van der Waals surface area contributed by atoms with Gasteiger partial charge in [0, 0.05) is 20.8 Å². The molecule has 0 bridgehead atoms. The van der Waals surface area contributed by atoms with Crippen molar-refractivity contribution in [2.75, 3.05) is 13.2 Å². The number of carbonyl (C=O) groups excluding carboxylic acids is 1. The standard InChI is InChI=1S/C25H26Cl2O6/c1-3-5-11-31-23-21(29)17-9-7-15(26)13-19(17)22(24(23)32-12-6-4-2)33-25(30)18-10-8-16(27)14-20(18)28/h7-10,13-14,28-29H,3-6,11-12H2,1-2H3. The van der Waals surface area contributed by atoms with Gasteiger partial charge < -0.3 is 24.4 Å². The van der Waals surface area contributed by atoms with Gasteiger partial charge in [-0.15, -0.1) is 0 Å². The van der Waals surface area contributed by atoms with Crippen LogP contribution >= 0.6 is 23.2 Å². The Morgan fingerprint density at radius 3 is 2.06 bits per heavy atom. The number of esters is 1. The molecule has 0 fully saturated rings. The Morgan fingerprint density at radius 2 is 1.42 bits per heavy atom. The highest BCUT2D eigenvalue weighted by Gasteiger charge is 2.26. The highest BCUT2D eigenvalue weighted by Crippen LogP contribution is 2.51. The summed E-state index contributed by atoms with van der Waals surface area (Å²) in [4.78, 5) is 13.0. The van der Waals surface area contributed by atoms with Crippen LogP contribution in [0.15, 0.2) is 36.4 Å². The van der Waals surface area contributed by atoms with Gasteiger partial charge in [0.25, 0.3) is 0 Å². The summed E-state index contributed by atoms with van der Waals surface area (Å²) in [5.74, 6) is -1.02. The number of rotatable bonds is 10. The third-order valence-electron chi connectivity index (χ3n) is 4.97. The molecule has 8 heteroatoms. The molecule has 0 aromatic heterocycles. The molecule has 0 radical (unpaired) electrons. The molecule has 3 aromatic rings. The summed E-state index contributed by atoms with van der Waals surface area (Å²) in [7, 11) is 0. The summed E-state index contributed by atoms with van der Waals surface area (Å²) in [6, 6.07) is 8.90. The lowest BCUT2D eigenvalue weighted by Crippen LogP contribution is -2.12. The minimum Gasteiger partial charge on any atom is -0.507 e. The number of carbonyl (C=O) groups is 1. The van der Waals surface area contributed by atoms with Crippen LogP contribution in [-0.4, -0.2) is 29.4 Å². The number of halogens is 2. The van der Waals surface area contributed by atoms with Gasteiger partial charge in [-0.25, -0.2) is 4.79 Å². The van der Waals surface area contributed by atoms with Crippen LogP contribution in [0, 0.1) is 0 Å². The van der Waals surface area contributed by atoms with E-state index in [2.05, 4.69) is 0 Å². The molecule has 0 atom stereocenters. The van der Waals surface area contributed by atoms with Crippen LogP contribution in [-0.2, 0) is 0 Å². The van der Waals surface area contributed by atoms with Crippen LogP contribution < -0.4 is 14.2 Å². The van der Waals surface area contributed by atoms with Gasteiger partial charge in [-0.1, -0.05) is 49.9 Å². The largest absolute Gasteiger partial charge is 0.507 e. The SMILES string of the molecule is CCCCOc1c(OCCCC)c(OC(=O)c2ccc(Cl)cc2O)c2cc(Cl)ccc2c1O. The van der Waals surface area contributed by atoms with E-state index in [0.29, 0.717) is 29.0 Å². The fraction of sp³-hybridized carbons (Fsp3) is 0.320. The third kappa shape index (κ3) is 5.75. The zero-order valence-corrected chi connectivity index (χ0v) is 20.0. The average molecular weight is 493 g/mol. The fourth-order valence-electron chi connectivity index (χ4n) is 3.19. The predicted octanol–water partition coefficient (Wildman–Crippen LogP) is 7.13. The van der Waals surface area contributed by atoms with Crippen molar-refractivity contribution in [3.8, 4) is 28.7 Å². The van der Waals surface area contributed by atoms with Crippen molar-refractivity contribution in [1.82, 2.24) is 0 Å². The second-order valence-corrected chi connectivity index (χ2v) is 8.35. The van der Waals surface area contributed by atoms with Crippen LogP contribution in [0.5, 0.6) is 28.7 Å². The monoisotopic (exact) mass is 492 g/mol. The molecule has 0 saturated carbocycles. The minimum absolute atomic E-state index is 0.0484. The molecular weight excluding hydrogens is 467 g/mol. The van der Waals surface area contributed by atoms with Crippen molar-refractivity contribution in [3.05, 3.63) is 52.0 Å². The smallest absolute Gasteiger partial charge is 0.347 e. The van der Waals surface area contributed by atoms with Gasteiger partial charge in [0.1, 0.15) is 11.3 Å². The average Bonchev–Trinajstić information content (AvgIpc) is 2.78. The molecule has 0 aliphatic carbocycles. The Labute approximate surface area is 202 Å². The maximum Gasteiger partial charge on any atom is 0.347 e. The van der Waals surface area contributed by atoms with E-state index in [9.17, 15) is 15.0 Å². The molecule has 0 heterocycles. The van der Waals surface area contributed by atoms with Gasteiger partial charge in [-0.2, -0.15) is 0 Å². The van der Waals surface area contributed by atoms with Gasteiger partial charge in [0.15, 0.2) is 11.5 Å². The molecule has 0 unspecified atom stereocenters. The van der Waals surface area contributed by atoms with E-state index < -0.39 is 5.97 Å². The number of fused-ring (bicyclic) bond motifs is 1. The number of aromatic hydroxyl groups is 2. The Balaban J connectivity index is 2.17. The summed E-state index contributed by atoms with van der Waals surface area (Å²) in [6.07, 6.45) is 3.28. The summed E-state index contributed by atoms with van der Waals surface area (Å²) in [6.45, 7) is 4.71. The van der Waals surface area contributed by atoms with Crippen molar-refractivity contribution in [3.63, 3.8) is 0 Å². The second-order valence-electron chi connectivity index (χ2n) is 7.48. The number of ether oxygens (including phenoxy) is 3. The molecule has 3 rings (SSSR count). The highest BCUT2D eigenvalue weighted by molar-refractivity contribution is 6.31. The Kier molecular flexibility index (Phi) is 8.53. The van der Waals surface area contributed by atoms with Crippen LogP contribution in [0.3, 0.4) is 0 Å².